The van der Waals surface area contributed by atoms with Crippen molar-refractivity contribution in [2.24, 2.45) is 0 Å². The van der Waals surface area contributed by atoms with Gasteiger partial charge in [-0.25, -0.2) is 9.50 Å². The van der Waals surface area contributed by atoms with Gasteiger partial charge in [0.2, 0.25) is 5.91 Å². The molecule has 0 bridgehead atoms. The van der Waals surface area contributed by atoms with Gasteiger partial charge in [0.15, 0.2) is 5.65 Å². The molecule has 0 aliphatic rings. The number of fused-ring (bicyclic) bond motifs is 1. The molecule has 5 nitrogen and oxygen atoms in total. The highest BCUT2D eigenvalue weighted by Crippen LogP contribution is 2.24. The third kappa shape index (κ3) is 4.30. The van der Waals surface area contributed by atoms with Crippen LogP contribution < -0.4 is 5.32 Å². The van der Waals surface area contributed by atoms with Crippen LogP contribution in [-0.4, -0.2) is 26.5 Å². The highest BCUT2D eigenvalue weighted by atomic mass is 35.5. The highest BCUT2D eigenvalue weighted by Gasteiger charge is 2.15. The summed E-state index contributed by atoms with van der Waals surface area (Å²) in [6.07, 6.45) is 2.03. The predicted octanol–water partition coefficient (Wildman–Crippen LogP) is 4.51. The second-order valence-electron chi connectivity index (χ2n) is 6.94. The standard InChI is InChI=1S/C21H25ClN4O/c1-5-13(2)23-21(27)11-10-18-14(3)24-20-12-19(25-26(20)15(18)4)16-6-8-17(22)9-7-16/h6-9,12-13H,5,10-11H2,1-4H3,(H,23,27)/t13-/m1/s1. The third-order valence-corrected chi connectivity index (χ3v) is 5.18. The van der Waals surface area contributed by atoms with Crippen LogP contribution in [0, 0.1) is 13.8 Å². The molecule has 0 unspecified atom stereocenters. The number of carbonyl (C=O) groups is 1. The normalized spacial score (nSPS) is 12.3. The SMILES string of the molecule is CC[C@@H](C)NC(=O)CCc1c(C)nc2cc(-c3ccc(Cl)cc3)nn2c1C. The lowest BCUT2D eigenvalue weighted by molar-refractivity contribution is -0.121. The predicted molar refractivity (Wildman–Crippen MR) is 109 cm³/mol. The molecule has 0 fully saturated rings. The zero-order valence-electron chi connectivity index (χ0n) is 16.2. The number of nitrogens with zero attached hydrogens (tertiary/aromatic N) is 3. The first kappa shape index (κ1) is 19.4. The average Bonchev–Trinajstić information content (AvgIpc) is 3.06. The van der Waals surface area contributed by atoms with Crippen LogP contribution in [0.25, 0.3) is 16.9 Å². The van der Waals surface area contributed by atoms with E-state index >= 15 is 0 Å². The molecule has 1 aromatic carbocycles. The number of hydrogen-bond acceptors (Lipinski definition) is 3. The zero-order valence-corrected chi connectivity index (χ0v) is 17.0. The Morgan fingerprint density at radius 1 is 1.26 bits per heavy atom. The van der Waals surface area contributed by atoms with Gasteiger partial charge in [0, 0.05) is 40.5 Å². The summed E-state index contributed by atoms with van der Waals surface area (Å²) in [5, 5.41) is 8.43. The summed E-state index contributed by atoms with van der Waals surface area (Å²) in [4.78, 5) is 16.8. The number of benzene rings is 1. The molecule has 27 heavy (non-hydrogen) atoms. The molecule has 0 saturated carbocycles. The van der Waals surface area contributed by atoms with E-state index in [1.807, 2.05) is 55.6 Å². The van der Waals surface area contributed by atoms with Crippen LogP contribution in [-0.2, 0) is 11.2 Å². The van der Waals surface area contributed by atoms with Gasteiger partial charge in [-0.2, -0.15) is 5.10 Å². The Bertz CT molecular complexity index is 962. The summed E-state index contributed by atoms with van der Waals surface area (Å²) in [6.45, 7) is 8.10. The molecule has 1 N–H and O–H groups in total. The third-order valence-electron chi connectivity index (χ3n) is 4.93. The zero-order chi connectivity index (χ0) is 19.6. The van der Waals surface area contributed by atoms with Gasteiger partial charge in [-0.1, -0.05) is 30.7 Å². The topological polar surface area (TPSA) is 59.3 Å². The Balaban J connectivity index is 1.87. The van der Waals surface area contributed by atoms with Gasteiger partial charge in [-0.05, 0) is 51.3 Å². The number of hydrogen-bond donors (Lipinski definition) is 1. The monoisotopic (exact) mass is 384 g/mol. The van der Waals surface area contributed by atoms with Crippen LogP contribution >= 0.6 is 11.6 Å². The minimum atomic E-state index is 0.0746. The molecule has 0 aliphatic carbocycles. The second kappa shape index (κ2) is 8.09. The van der Waals surface area contributed by atoms with Crippen molar-refractivity contribution in [3.05, 3.63) is 52.3 Å². The van der Waals surface area contributed by atoms with Crippen molar-refractivity contribution in [3.8, 4) is 11.3 Å². The molecule has 3 aromatic rings. The Labute approximate surface area is 164 Å². The Morgan fingerprint density at radius 3 is 2.63 bits per heavy atom. The van der Waals surface area contributed by atoms with Crippen molar-refractivity contribution in [1.82, 2.24) is 19.9 Å². The Morgan fingerprint density at radius 2 is 1.96 bits per heavy atom. The van der Waals surface area contributed by atoms with Crippen LogP contribution in [0.3, 0.4) is 0 Å². The average molecular weight is 385 g/mol. The molecule has 0 radical (unpaired) electrons. The van der Waals surface area contributed by atoms with Crippen LogP contribution in [0.2, 0.25) is 5.02 Å². The molecule has 6 heteroatoms. The van der Waals surface area contributed by atoms with E-state index in [0.717, 1.165) is 40.3 Å². The van der Waals surface area contributed by atoms with E-state index in [2.05, 4.69) is 12.2 Å². The van der Waals surface area contributed by atoms with Gasteiger partial charge >= 0.3 is 0 Å². The summed E-state index contributed by atoms with van der Waals surface area (Å²) < 4.78 is 1.86. The van der Waals surface area contributed by atoms with Crippen LogP contribution in [0.5, 0.6) is 0 Å². The van der Waals surface area contributed by atoms with E-state index in [1.54, 1.807) is 0 Å². The maximum atomic E-state index is 12.1. The lowest BCUT2D eigenvalue weighted by Gasteiger charge is -2.13. The molecule has 0 saturated heterocycles. The molecule has 0 spiro atoms. The van der Waals surface area contributed by atoms with Crippen molar-refractivity contribution in [3.63, 3.8) is 0 Å². The van der Waals surface area contributed by atoms with Crippen LogP contribution in [0.1, 0.15) is 43.6 Å². The maximum Gasteiger partial charge on any atom is 0.220 e. The Kier molecular flexibility index (Phi) is 5.80. The minimum absolute atomic E-state index is 0.0746. The summed E-state index contributed by atoms with van der Waals surface area (Å²) in [7, 11) is 0. The van der Waals surface area contributed by atoms with Gasteiger partial charge in [0.25, 0.3) is 0 Å². The first-order valence-corrected chi connectivity index (χ1v) is 9.68. The van der Waals surface area contributed by atoms with E-state index in [0.29, 0.717) is 17.9 Å². The van der Waals surface area contributed by atoms with Crippen LogP contribution in [0.4, 0.5) is 0 Å². The number of rotatable bonds is 6. The number of aromatic nitrogens is 3. The molecule has 3 rings (SSSR count). The van der Waals surface area contributed by atoms with E-state index in [-0.39, 0.29) is 11.9 Å². The first-order valence-electron chi connectivity index (χ1n) is 9.30. The number of nitrogens with one attached hydrogen (secondary N) is 1. The summed E-state index contributed by atoms with van der Waals surface area (Å²) in [5.41, 5.74) is 5.70. The molecule has 1 atom stereocenters. The molecule has 0 aliphatic heterocycles. The fourth-order valence-corrected chi connectivity index (χ4v) is 3.26. The molecule has 2 heterocycles. The van der Waals surface area contributed by atoms with Crippen molar-refractivity contribution >= 4 is 23.2 Å². The van der Waals surface area contributed by atoms with Crippen LogP contribution in [0.15, 0.2) is 30.3 Å². The van der Waals surface area contributed by atoms with E-state index in [9.17, 15) is 4.79 Å². The quantitative estimate of drug-likeness (QED) is 0.680. The lowest BCUT2D eigenvalue weighted by atomic mass is 10.1. The lowest BCUT2D eigenvalue weighted by Crippen LogP contribution is -2.32. The largest absolute Gasteiger partial charge is 0.354 e. The van der Waals surface area contributed by atoms with Gasteiger partial charge in [0.05, 0.1) is 5.69 Å². The number of halogens is 1. The molecule has 1 amide bonds. The van der Waals surface area contributed by atoms with Crippen molar-refractivity contribution in [2.75, 3.05) is 0 Å². The van der Waals surface area contributed by atoms with E-state index in [4.69, 9.17) is 21.7 Å². The Hall–Kier alpha value is -2.40. The highest BCUT2D eigenvalue weighted by molar-refractivity contribution is 6.30. The summed E-state index contributed by atoms with van der Waals surface area (Å²) in [6, 6.07) is 9.79. The second-order valence-corrected chi connectivity index (χ2v) is 7.38. The number of aryl methyl sites for hydroxylation is 2. The van der Waals surface area contributed by atoms with E-state index in [1.165, 1.54) is 0 Å². The molecular weight excluding hydrogens is 360 g/mol. The number of carbonyl (C=O) groups excluding carboxylic acids is 1. The van der Waals surface area contributed by atoms with Gasteiger partial charge in [-0.3, -0.25) is 4.79 Å². The van der Waals surface area contributed by atoms with Crippen molar-refractivity contribution < 1.29 is 4.79 Å². The fourth-order valence-electron chi connectivity index (χ4n) is 3.14. The van der Waals surface area contributed by atoms with Gasteiger partial charge < -0.3 is 5.32 Å². The smallest absolute Gasteiger partial charge is 0.220 e. The van der Waals surface area contributed by atoms with E-state index < -0.39 is 0 Å². The minimum Gasteiger partial charge on any atom is -0.354 e. The summed E-state index contributed by atoms with van der Waals surface area (Å²) in [5.74, 6) is 0.0746. The number of amides is 1. The maximum absolute atomic E-state index is 12.1. The summed E-state index contributed by atoms with van der Waals surface area (Å²) >= 11 is 5.97. The fraction of sp³-hybridized carbons (Fsp3) is 0.381. The first-order chi connectivity index (χ1) is 12.9. The molecule has 142 valence electrons. The van der Waals surface area contributed by atoms with Crippen molar-refractivity contribution in [2.45, 2.75) is 53.0 Å². The molecule has 2 aromatic heterocycles. The van der Waals surface area contributed by atoms with Gasteiger partial charge in [0.1, 0.15) is 0 Å². The molecular formula is C21H25ClN4O. The van der Waals surface area contributed by atoms with Crippen molar-refractivity contribution in [1.29, 1.82) is 0 Å². The van der Waals surface area contributed by atoms with Gasteiger partial charge in [-0.15, -0.1) is 0 Å².